The van der Waals surface area contributed by atoms with E-state index in [0.717, 1.165) is 41.2 Å². The maximum atomic E-state index is 5.66. The molecular formula is C17H26N6S2. The number of nitrogens with two attached hydrogens (primary N) is 1. The summed E-state index contributed by atoms with van der Waals surface area (Å²) in [4.78, 5) is 11.8. The number of rotatable bonds is 6. The maximum absolute atomic E-state index is 5.66. The number of anilines is 2. The van der Waals surface area contributed by atoms with Gasteiger partial charge in [0, 0.05) is 54.8 Å². The van der Waals surface area contributed by atoms with Gasteiger partial charge in [-0.25, -0.2) is 9.97 Å². The summed E-state index contributed by atoms with van der Waals surface area (Å²) in [6.45, 7) is 6.71. The molecule has 136 valence electrons. The second-order valence-corrected chi connectivity index (χ2v) is 8.26. The number of nitrogens with one attached hydrogen (secondary N) is 1. The number of imidazole rings is 1. The molecule has 0 amide bonds. The zero-order valence-corrected chi connectivity index (χ0v) is 16.7. The lowest BCUT2D eigenvalue weighted by atomic mass is 10.3. The lowest BCUT2D eigenvalue weighted by molar-refractivity contribution is 0.765. The molecule has 0 bridgehead atoms. The molecule has 1 fully saturated rings. The van der Waals surface area contributed by atoms with Gasteiger partial charge >= 0.3 is 0 Å². The van der Waals surface area contributed by atoms with Crippen LogP contribution in [0.1, 0.15) is 17.1 Å². The Morgan fingerprint density at radius 1 is 1.24 bits per heavy atom. The van der Waals surface area contributed by atoms with Gasteiger partial charge in [-0.2, -0.15) is 11.8 Å². The van der Waals surface area contributed by atoms with Crippen LogP contribution in [0.25, 0.3) is 0 Å². The molecule has 6 nitrogen and oxygen atoms in total. The Hall–Kier alpha value is -1.38. The Bertz CT molecular complexity index is 724. The van der Waals surface area contributed by atoms with Crippen LogP contribution in [0.5, 0.6) is 0 Å². The van der Waals surface area contributed by atoms with E-state index in [0.29, 0.717) is 6.67 Å². The van der Waals surface area contributed by atoms with Crippen molar-refractivity contribution in [2.24, 2.45) is 12.8 Å². The predicted molar refractivity (Wildman–Crippen MR) is 109 cm³/mol. The molecule has 0 aromatic carbocycles. The third-order valence-electron chi connectivity index (χ3n) is 4.45. The lowest BCUT2D eigenvalue weighted by Gasteiger charge is -2.29. The first-order valence-electron chi connectivity index (χ1n) is 8.49. The molecule has 0 unspecified atom stereocenters. The molecule has 0 spiro atoms. The van der Waals surface area contributed by atoms with Crippen LogP contribution in [-0.4, -0.2) is 45.8 Å². The fraction of sp³-hybridized carbons (Fsp3) is 0.529. The minimum atomic E-state index is 0.386. The average Bonchev–Trinajstić information content (AvgIpc) is 2.88. The Labute approximate surface area is 158 Å². The highest BCUT2D eigenvalue weighted by molar-refractivity contribution is 7.99. The molecule has 25 heavy (non-hydrogen) atoms. The molecule has 1 aliphatic rings. The highest BCUT2D eigenvalue weighted by Gasteiger charge is 2.15. The van der Waals surface area contributed by atoms with Gasteiger partial charge in [0.15, 0.2) is 5.16 Å². The van der Waals surface area contributed by atoms with Gasteiger partial charge in [-0.15, -0.1) is 0 Å². The molecular weight excluding hydrogens is 352 g/mol. The Morgan fingerprint density at radius 2 is 2.00 bits per heavy atom. The van der Waals surface area contributed by atoms with Crippen molar-refractivity contribution in [3.8, 4) is 0 Å². The van der Waals surface area contributed by atoms with Crippen LogP contribution >= 0.6 is 23.5 Å². The summed E-state index contributed by atoms with van der Waals surface area (Å²) < 4.78 is 2.14. The van der Waals surface area contributed by atoms with Crippen LogP contribution in [0.15, 0.2) is 17.3 Å². The molecule has 3 N–H and O–H groups in total. The van der Waals surface area contributed by atoms with Crippen molar-refractivity contribution in [3.63, 3.8) is 0 Å². The first-order chi connectivity index (χ1) is 12.1. The average molecular weight is 379 g/mol. The molecule has 1 aliphatic heterocycles. The third-order valence-corrected chi connectivity index (χ3v) is 6.45. The highest BCUT2D eigenvalue weighted by atomic mass is 32.2. The molecule has 0 atom stereocenters. The maximum Gasteiger partial charge on any atom is 0.168 e. The van der Waals surface area contributed by atoms with E-state index in [1.807, 2.05) is 11.8 Å². The lowest BCUT2D eigenvalue weighted by Crippen LogP contribution is -2.32. The van der Waals surface area contributed by atoms with Crippen LogP contribution in [0.2, 0.25) is 0 Å². The van der Waals surface area contributed by atoms with Crippen molar-refractivity contribution in [2.45, 2.75) is 24.8 Å². The summed E-state index contributed by atoms with van der Waals surface area (Å²) in [5.74, 6) is 4.00. The monoisotopic (exact) mass is 378 g/mol. The molecule has 3 heterocycles. The number of aryl methyl sites for hydroxylation is 1. The largest absolute Gasteiger partial charge is 0.370 e. The molecule has 1 saturated heterocycles. The minimum Gasteiger partial charge on any atom is -0.370 e. The summed E-state index contributed by atoms with van der Waals surface area (Å²) in [7, 11) is 2.06. The van der Waals surface area contributed by atoms with Gasteiger partial charge in [0.05, 0.1) is 18.1 Å². The molecule has 0 aliphatic carbocycles. The van der Waals surface area contributed by atoms with Gasteiger partial charge < -0.3 is 20.5 Å². The van der Waals surface area contributed by atoms with Crippen molar-refractivity contribution in [1.29, 1.82) is 0 Å². The van der Waals surface area contributed by atoms with Crippen molar-refractivity contribution < 1.29 is 0 Å². The summed E-state index contributed by atoms with van der Waals surface area (Å²) in [6.07, 6.45) is 0. The third kappa shape index (κ3) is 4.43. The normalized spacial score (nSPS) is 14.8. The SMILES string of the molecule is Cc1nc(SCc2cc(N3CCSCC3)cc(NCN)n2)n(C)c1C. The number of hydrogen-bond acceptors (Lipinski definition) is 7. The second kappa shape index (κ2) is 8.33. The van der Waals surface area contributed by atoms with Crippen LogP contribution in [-0.2, 0) is 12.8 Å². The smallest absolute Gasteiger partial charge is 0.168 e. The number of nitrogens with zero attached hydrogens (tertiary/aromatic N) is 4. The van der Waals surface area contributed by atoms with Crippen molar-refractivity contribution in [1.82, 2.24) is 14.5 Å². The van der Waals surface area contributed by atoms with Crippen LogP contribution in [0, 0.1) is 13.8 Å². The summed E-state index contributed by atoms with van der Waals surface area (Å²) in [5, 5.41) is 4.19. The fourth-order valence-electron chi connectivity index (χ4n) is 2.80. The molecule has 8 heteroatoms. The first-order valence-corrected chi connectivity index (χ1v) is 10.6. The van der Waals surface area contributed by atoms with E-state index in [9.17, 15) is 0 Å². The van der Waals surface area contributed by atoms with Crippen molar-refractivity contribution in [2.75, 3.05) is 41.5 Å². The first kappa shape index (κ1) is 18.4. The number of pyridine rings is 1. The minimum absolute atomic E-state index is 0.386. The van der Waals surface area contributed by atoms with E-state index in [2.05, 4.69) is 52.8 Å². The topological polar surface area (TPSA) is 72.0 Å². The van der Waals surface area contributed by atoms with Crippen molar-refractivity contribution >= 4 is 35.0 Å². The van der Waals surface area contributed by atoms with E-state index >= 15 is 0 Å². The Kier molecular flexibility index (Phi) is 6.14. The van der Waals surface area contributed by atoms with Gasteiger partial charge in [-0.1, -0.05) is 11.8 Å². The van der Waals surface area contributed by atoms with E-state index in [1.54, 1.807) is 11.8 Å². The number of thioether (sulfide) groups is 2. The zero-order valence-electron chi connectivity index (χ0n) is 15.1. The Morgan fingerprint density at radius 3 is 2.64 bits per heavy atom. The Balaban J connectivity index is 1.79. The standard InChI is InChI=1S/C17H26N6S2/c1-12-13(2)22(3)17(20-12)25-10-14-8-15(9-16(21-14)19-11-18)23-4-6-24-7-5-23/h8-9H,4-7,10-11,18H2,1-3H3,(H,19,21). The van der Waals surface area contributed by atoms with Gasteiger partial charge in [0.2, 0.25) is 0 Å². The van der Waals surface area contributed by atoms with Crippen LogP contribution in [0.3, 0.4) is 0 Å². The number of hydrogen-bond donors (Lipinski definition) is 2. The van der Waals surface area contributed by atoms with Crippen LogP contribution < -0.4 is 16.0 Å². The van der Waals surface area contributed by atoms with E-state index < -0.39 is 0 Å². The van der Waals surface area contributed by atoms with Crippen molar-refractivity contribution in [3.05, 3.63) is 29.2 Å². The van der Waals surface area contributed by atoms with Gasteiger partial charge in [-0.05, 0) is 19.9 Å². The molecule has 2 aromatic heterocycles. The predicted octanol–water partition coefficient (Wildman–Crippen LogP) is 2.61. The number of aromatic nitrogens is 3. The summed E-state index contributed by atoms with van der Waals surface area (Å²) in [5.41, 5.74) is 10.2. The molecule has 0 radical (unpaired) electrons. The van der Waals surface area contributed by atoms with E-state index in [1.165, 1.54) is 22.9 Å². The summed E-state index contributed by atoms with van der Waals surface area (Å²) >= 11 is 3.74. The molecule has 0 saturated carbocycles. The van der Waals surface area contributed by atoms with Gasteiger partial charge in [0.1, 0.15) is 5.82 Å². The zero-order chi connectivity index (χ0) is 17.8. The van der Waals surface area contributed by atoms with E-state index in [-0.39, 0.29) is 0 Å². The van der Waals surface area contributed by atoms with Gasteiger partial charge in [-0.3, -0.25) is 0 Å². The summed E-state index contributed by atoms with van der Waals surface area (Å²) in [6, 6.07) is 4.30. The van der Waals surface area contributed by atoms with E-state index in [4.69, 9.17) is 10.7 Å². The second-order valence-electron chi connectivity index (χ2n) is 6.10. The molecule has 2 aromatic rings. The van der Waals surface area contributed by atoms with Gasteiger partial charge in [0.25, 0.3) is 0 Å². The fourth-order valence-corrected chi connectivity index (χ4v) is 4.66. The molecule has 3 rings (SSSR count). The van der Waals surface area contributed by atoms with Crippen LogP contribution in [0.4, 0.5) is 11.5 Å². The quantitative estimate of drug-likeness (QED) is 0.591. The highest BCUT2D eigenvalue weighted by Crippen LogP contribution is 2.27.